The molecular weight excluding hydrogens is 360 g/mol. The first kappa shape index (κ1) is 20.0. The highest BCUT2D eigenvalue weighted by molar-refractivity contribution is 5.96. The van der Waals surface area contributed by atoms with Gasteiger partial charge in [-0.1, -0.05) is 50.2 Å². The van der Waals surface area contributed by atoms with E-state index in [1.54, 1.807) is 56.3 Å². The number of anilines is 1. The van der Waals surface area contributed by atoms with Gasteiger partial charge in [-0.3, -0.25) is 9.59 Å². The van der Waals surface area contributed by atoms with E-state index in [2.05, 4.69) is 5.32 Å². The summed E-state index contributed by atoms with van der Waals surface area (Å²) in [4.78, 5) is 24.1. The number of hydrogen-bond donors (Lipinski definition) is 5. The van der Waals surface area contributed by atoms with Crippen LogP contribution in [0.5, 0.6) is 0 Å². The molecule has 3 rings (SSSR count). The van der Waals surface area contributed by atoms with Crippen LogP contribution in [-0.2, 0) is 9.59 Å². The fourth-order valence-corrected chi connectivity index (χ4v) is 3.55. The predicted molar refractivity (Wildman–Crippen MR) is 104 cm³/mol. The Morgan fingerprint density at radius 2 is 1.61 bits per heavy atom. The molecule has 7 nitrogen and oxygen atoms in total. The van der Waals surface area contributed by atoms with Crippen molar-refractivity contribution < 1.29 is 24.9 Å². The van der Waals surface area contributed by atoms with E-state index in [1.807, 2.05) is 0 Å². The Morgan fingerprint density at radius 1 is 1.04 bits per heavy atom. The van der Waals surface area contributed by atoms with Crippen LogP contribution in [-0.4, -0.2) is 32.7 Å². The minimum atomic E-state index is -1.70. The summed E-state index contributed by atoms with van der Waals surface area (Å²) in [5, 5.41) is 33.6. The number of hydrogen-bond acceptors (Lipinski definition) is 5. The first-order chi connectivity index (χ1) is 13.2. The Bertz CT molecular complexity index is 927. The molecule has 1 aliphatic carbocycles. The summed E-state index contributed by atoms with van der Waals surface area (Å²) in [5.74, 6) is -2.29. The van der Waals surface area contributed by atoms with Crippen LogP contribution in [0, 0.1) is 5.92 Å². The van der Waals surface area contributed by atoms with Gasteiger partial charge >= 0.3 is 5.97 Å². The highest BCUT2D eigenvalue weighted by Gasteiger charge is 2.40. The van der Waals surface area contributed by atoms with Gasteiger partial charge in [0.05, 0.1) is 6.42 Å². The lowest BCUT2D eigenvalue weighted by atomic mass is 9.81. The zero-order valence-corrected chi connectivity index (χ0v) is 15.7. The molecule has 6 N–H and O–H groups in total. The van der Waals surface area contributed by atoms with Crippen LogP contribution in [0.25, 0.3) is 0 Å². The third-order valence-electron chi connectivity index (χ3n) is 5.45. The van der Waals surface area contributed by atoms with Crippen molar-refractivity contribution in [2.75, 3.05) is 5.32 Å². The molecule has 0 spiro atoms. The topological polar surface area (TPSA) is 133 Å². The van der Waals surface area contributed by atoms with E-state index in [4.69, 9.17) is 5.73 Å². The number of aliphatic hydroxyl groups is 2. The number of aliphatic hydroxyl groups excluding tert-OH is 2. The zero-order chi connectivity index (χ0) is 20.6. The van der Waals surface area contributed by atoms with Gasteiger partial charge in [0, 0.05) is 11.3 Å². The molecule has 1 aliphatic rings. The van der Waals surface area contributed by atoms with Crippen LogP contribution in [0.3, 0.4) is 0 Å². The van der Waals surface area contributed by atoms with E-state index in [0.717, 1.165) is 0 Å². The number of carboxylic acids is 1. The van der Waals surface area contributed by atoms with E-state index >= 15 is 0 Å². The van der Waals surface area contributed by atoms with Crippen LogP contribution in [0.15, 0.2) is 42.5 Å². The summed E-state index contributed by atoms with van der Waals surface area (Å²) < 4.78 is 0. The van der Waals surface area contributed by atoms with Crippen LogP contribution in [0.4, 0.5) is 5.69 Å². The molecule has 0 heterocycles. The minimum Gasteiger partial charge on any atom is -0.480 e. The maximum Gasteiger partial charge on any atom is 0.324 e. The molecule has 2 aromatic carbocycles. The van der Waals surface area contributed by atoms with Gasteiger partial charge in [-0.05, 0) is 28.7 Å². The van der Waals surface area contributed by atoms with Crippen molar-refractivity contribution >= 4 is 17.6 Å². The van der Waals surface area contributed by atoms with Crippen molar-refractivity contribution in [2.45, 2.75) is 38.0 Å². The Balaban J connectivity index is 1.94. The quantitative estimate of drug-likeness (QED) is 0.535. The van der Waals surface area contributed by atoms with Crippen LogP contribution >= 0.6 is 0 Å². The van der Waals surface area contributed by atoms with E-state index in [0.29, 0.717) is 27.9 Å². The highest BCUT2D eigenvalue weighted by atomic mass is 16.4. The van der Waals surface area contributed by atoms with E-state index in [-0.39, 0.29) is 0 Å². The molecule has 0 radical (unpaired) electrons. The van der Waals surface area contributed by atoms with Gasteiger partial charge in [-0.25, -0.2) is 0 Å². The van der Waals surface area contributed by atoms with Gasteiger partial charge in [-0.2, -0.15) is 0 Å². The fourth-order valence-electron chi connectivity index (χ4n) is 3.55. The van der Waals surface area contributed by atoms with Gasteiger partial charge in [0.2, 0.25) is 5.91 Å². The second kappa shape index (κ2) is 7.35. The van der Waals surface area contributed by atoms with Gasteiger partial charge in [-0.15, -0.1) is 0 Å². The van der Waals surface area contributed by atoms with Gasteiger partial charge < -0.3 is 26.4 Å². The number of fused-ring (bicyclic) bond motifs is 2. The van der Waals surface area contributed by atoms with Crippen molar-refractivity contribution in [3.63, 3.8) is 0 Å². The maximum absolute atomic E-state index is 12.6. The number of benzene rings is 2. The average Bonchev–Trinajstić information content (AvgIpc) is 2.65. The van der Waals surface area contributed by atoms with Crippen molar-refractivity contribution in [1.82, 2.24) is 0 Å². The number of carboxylic acid groups (broad SMARTS) is 1. The molecule has 0 aromatic heterocycles. The fraction of sp³-hybridized carbons (Fsp3) is 0.333. The second-order valence-corrected chi connectivity index (χ2v) is 7.47. The van der Waals surface area contributed by atoms with Crippen molar-refractivity contribution in [2.24, 2.45) is 11.7 Å². The zero-order valence-electron chi connectivity index (χ0n) is 15.7. The number of rotatable bonds is 5. The molecule has 148 valence electrons. The number of amides is 1. The first-order valence-electron chi connectivity index (χ1n) is 9.06. The smallest absolute Gasteiger partial charge is 0.324 e. The molecule has 0 saturated carbocycles. The monoisotopic (exact) mass is 384 g/mol. The molecule has 0 saturated heterocycles. The SMILES string of the molecule is CC(C)C(N)(CC(=O)Nc1cccc2c1C(O)c1ccccc1C2O)C(=O)O. The summed E-state index contributed by atoms with van der Waals surface area (Å²) in [5.41, 5.74) is 6.61. The summed E-state index contributed by atoms with van der Waals surface area (Å²) in [6.07, 6.45) is -2.38. The largest absolute Gasteiger partial charge is 0.480 e. The molecule has 1 amide bonds. The lowest BCUT2D eigenvalue weighted by Gasteiger charge is -2.31. The normalized spacial score (nSPS) is 20.1. The average molecular weight is 384 g/mol. The van der Waals surface area contributed by atoms with Gasteiger partial charge in [0.15, 0.2) is 0 Å². The molecule has 0 fully saturated rings. The highest BCUT2D eigenvalue weighted by Crippen LogP contribution is 2.43. The molecule has 3 unspecified atom stereocenters. The Kier molecular flexibility index (Phi) is 5.25. The number of nitrogens with two attached hydrogens (primary N) is 1. The Morgan fingerprint density at radius 3 is 2.18 bits per heavy atom. The second-order valence-electron chi connectivity index (χ2n) is 7.47. The summed E-state index contributed by atoms with van der Waals surface area (Å²) in [7, 11) is 0. The lowest BCUT2D eigenvalue weighted by Crippen LogP contribution is -2.54. The molecule has 0 aliphatic heterocycles. The van der Waals surface area contributed by atoms with Crippen LogP contribution < -0.4 is 11.1 Å². The van der Waals surface area contributed by atoms with Gasteiger partial charge in [0.1, 0.15) is 17.7 Å². The van der Waals surface area contributed by atoms with Crippen LogP contribution in [0.1, 0.15) is 54.7 Å². The Labute approximate surface area is 162 Å². The molecule has 3 atom stereocenters. The molecule has 2 aromatic rings. The van der Waals surface area contributed by atoms with Crippen LogP contribution in [0.2, 0.25) is 0 Å². The van der Waals surface area contributed by atoms with Crippen molar-refractivity contribution in [1.29, 1.82) is 0 Å². The summed E-state index contributed by atoms with van der Waals surface area (Å²) in [6, 6.07) is 12.0. The first-order valence-corrected chi connectivity index (χ1v) is 9.06. The molecule has 7 heteroatoms. The molecule has 28 heavy (non-hydrogen) atoms. The van der Waals surface area contributed by atoms with Gasteiger partial charge in [0.25, 0.3) is 0 Å². The molecule has 0 bridgehead atoms. The number of carbonyl (C=O) groups is 2. The maximum atomic E-state index is 12.6. The number of aliphatic carboxylic acids is 1. The Hall–Kier alpha value is -2.74. The van der Waals surface area contributed by atoms with E-state index in [9.17, 15) is 24.9 Å². The third-order valence-corrected chi connectivity index (χ3v) is 5.45. The van der Waals surface area contributed by atoms with Crippen molar-refractivity contribution in [3.05, 3.63) is 64.7 Å². The predicted octanol–water partition coefficient (Wildman–Crippen LogP) is 1.93. The number of nitrogens with one attached hydrogen (secondary N) is 1. The number of carbonyl (C=O) groups excluding carboxylic acids is 1. The van der Waals surface area contributed by atoms with E-state index < -0.39 is 42.0 Å². The van der Waals surface area contributed by atoms with Crippen molar-refractivity contribution in [3.8, 4) is 0 Å². The third kappa shape index (κ3) is 3.28. The molecular formula is C21H24N2O5. The lowest BCUT2D eigenvalue weighted by molar-refractivity contribution is -0.147. The summed E-state index contributed by atoms with van der Waals surface area (Å²) in [6.45, 7) is 3.28. The van der Waals surface area contributed by atoms with E-state index in [1.165, 1.54) is 0 Å². The summed E-state index contributed by atoms with van der Waals surface area (Å²) >= 11 is 0. The standard InChI is InChI=1S/C21H24N2O5/c1-11(2)21(22,20(27)28)10-16(24)23-15-9-5-8-14-17(15)19(26)13-7-4-3-6-12(13)18(14)25/h3-9,11,18-19,25-26H,10,22H2,1-2H3,(H,23,24)(H,27,28). The minimum absolute atomic E-state index is 0.319.